The molecule has 3 rings (SSSR count). The Kier molecular flexibility index (Phi) is 6.64. The highest BCUT2D eigenvalue weighted by atomic mass is 31.2. The minimum absolute atomic E-state index is 0.149. The molecule has 0 saturated heterocycles. The third-order valence-corrected chi connectivity index (χ3v) is 6.32. The highest BCUT2D eigenvalue weighted by molar-refractivity contribution is 7.62. The van der Waals surface area contributed by atoms with Gasteiger partial charge in [0.25, 0.3) is 0 Å². The lowest BCUT2D eigenvalue weighted by Gasteiger charge is -2.17. The molecule has 8 heteroatoms. The van der Waals surface area contributed by atoms with Crippen LogP contribution in [0.15, 0.2) is 54.6 Å². The maximum absolute atomic E-state index is 13.5. The molecule has 0 amide bonds. The van der Waals surface area contributed by atoms with E-state index in [-0.39, 0.29) is 30.1 Å². The van der Waals surface area contributed by atoms with Crippen LogP contribution in [0.5, 0.6) is 5.75 Å². The van der Waals surface area contributed by atoms with Gasteiger partial charge in [0.05, 0.1) is 20.3 Å². The van der Waals surface area contributed by atoms with Crippen LogP contribution in [-0.2, 0) is 13.6 Å². The largest absolute Gasteiger partial charge is 0.497 e. The van der Waals surface area contributed by atoms with E-state index in [1.807, 2.05) is 6.07 Å². The number of nitrogens with zero attached hydrogens (tertiary/aromatic N) is 1. The van der Waals surface area contributed by atoms with Crippen molar-refractivity contribution in [3.8, 4) is 16.9 Å². The maximum atomic E-state index is 13.5. The minimum Gasteiger partial charge on any atom is -0.497 e. The lowest BCUT2D eigenvalue weighted by molar-refractivity contribution is 0.103. The summed E-state index contributed by atoms with van der Waals surface area (Å²) in [6.07, 6.45) is 0. The average Bonchev–Trinajstić information content (AvgIpc) is 3.20. The van der Waals surface area contributed by atoms with Gasteiger partial charge in [-0.25, -0.2) is 0 Å². The SMILES string of the molecule is CCOP(=O)(OCC)c1[nH]nc(C(=O)c2ccccc2)c1-c1ccc(OC)cc1. The fourth-order valence-electron chi connectivity index (χ4n) is 2.96. The minimum atomic E-state index is -3.71. The van der Waals surface area contributed by atoms with Crippen molar-refractivity contribution in [3.63, 3.8) is 0 Å². The molecule has 3 aromatic rings. The van der Waals surface area contributed by atoms with E-state index in [2.05, 4.69) is 10.2 Å². The Morgan fingerprint density at radius 2 is 1.62 bits per heavy atom. The fourth-order valence-corrected chi connectivity index (χ4v) is 4.65. The van der Waals surface area contributed by atoms with Crippen molar-refractivity contribution in [2.75, 3.05) is 20.3 Å². The first-order chi connectivity index (χ1) is 14.0. The van der Waals surface area contributed by atoms with Gasteiger partial charge in [-0.3, -0.25) is 14.5 Å². The number of rotatable bonds is 9. The Morgan fingerprint density at radius 3 is 2.17 bits per heavy atom. The van der Waals surface area contributed by atoms with Crippen molar-refractivity contribution in [2.24, 2.45) is 0 Å². The van der Waals surface area contributed by atoms with Gasteiger partial charge in [-0.1, -0.05) is 42.5 Å². The molecule has 0 aliphatic carbocycles. The molecular formula is C21H23N2O5P. The van der Waals surface area contributed by atoms with E-state index >= 15 is 0 Å². The summed E-state index contributed by atoms with van der Waals surface area (Å²) in [4.78, 5) is 13.1. The third-order valence-electron chi connectivity index (χ3n) is 4.25. The van der Waals surface area contributed by atoms with Gasteiger partial charge in [0.1, 0.15) is 11.4 Å². The van der Waals surface area contributed by atoms with Crippen molar-refractivity contribution in [1.82, 2.24) is 10.2 Å². The van der Waals surface area contributed by atoms with Crippen LogP contribution in [0.2, 0.25) is 0 Å². The summed E-state index contributed by atoms with van der Waals surface area (Å²) in [5, 5.41) is 6.95. The number of hydrogen-bond acceptors (Lipinski definition) is 6. The zero-order valence-electron chi connectivity index (χ0n) is 16.5. The number of carbonyl (C=O) groups excluding carboxylic acids is 1. The Morgan fingerprint density at radius 1 is 1.00 bits per heavy atom. The predicted molar refractivity (Wildman–Crippen MR) is 111 cm³/mol. The third kappa shape index (κ3) is 4.32. The first-order valence-electron chi connectivity index (χ1n) is 9.26. The molecule has 0 fully saturated rings. The van der Waals surface area contributed by atoms with Gasteiger partial charge in [-0.2, -0.15) is 5.10 Å². The van der Waals surface area contributed by atoms with E-state index < -0.39 is 7.60 Å². The van der Waals surface area contributed by atoms with Gasteiger partial charge in [-0.05, 0) is 31.5 Å². The van der Waals surface area contributed by atoms with E-state index in [0.717, 1.165) is 0 Å². The number of hydrogen-bond donors (Lipinski definition) is 1. The number of ketones is 1. The number of carbonyl (C=O) groups is 1. The molecule has 2 aromatic carbocycles. The summed E-state index contributed by atoms with van der Waals surface area (Å²) < 4.78 is 29.6. The number of H-pyrrole nitrogens is 1. The van der Waals surface area contributed by atoms with Crippen LogP contribution in [-0.4, -0.2) is 36.3 Å². The summed E-state index contributed by atoms with van der Waals surface area (Å²) in [5.74, 6) is 0.367. The second kappa shape index (κ2) is 9.18. The van der Waals surface area contributed by atoms with Gasteiger partial charge in [0.15, 0.2) is 5.44 Å². The maximum Gasteiger partial charge on any atom is 0.379 e. The zero-order chi connectivity index (χ0) is 20.9. The van der Waals surface area contributed by atoms with Crippen molar-refractivity contribution in [2.45, 2.75) is 13.8 Å². The van der Waals surface area contributed by atoms with Gasteiger partial charge in [0.2, 0.25) is 5.78 Å². The van der Waals surface area contributed by atoms with Crippen molar-refractivity contribution in [3.05, 3.63) is 65.9 Å². The van der Waals surface area contributed by atoms with E-state index in [4.69, 9.17) is 13.8 Å². The molecule has 1 heterocycles. The highest BCUT2D eigenvalue weighted by Crippen LogP contribution is 2.49. The van der Waals surface area contributed by atoms with E-state index in [9.17, 15) is 9.36 Å². The first-order valence-corrected chi connectivity index (χ1v) is 10.8. The lowest BCUT2D eigenvalue weighted by Crippen LogP contribution is -2.15. The molecule has 0 unspecified atom stereocenters. The van der Waals surface area contributed by atoms with Gasteiger partial charge >= 0.3 is 7.60 Å². The zero-order valence-corrected chi connectivity index (χ0v) is 17.4. The van der Waals surface area contributed by atoms with E-state index in [1.54, 1.807) is 69.5 Å². The van der Waals surface area contributed by atoms with E-state index in [0.29, 0.717) is 22.4 Å². The second-order valence-electron chi connectivity index (χ2n) is 6.05. The fraction of sp³-hybridized carbons (Fsp3) is 0.238. The molecule has 0 aliphatic rings. The van der Waals surface area contributed by atoms with Crippen LogP contribution < -0.4 is 10.2 Å². The molecule has 0 spiro atoms. The van der Waals surface area contributed by atoms with Crippen LogP contribution in [0.25, 0.3) is 11.1 Å². The van der Waals surface area contributed by atoms with Crippen molar-refractivity contribution >= 4 is 18.8 Å². The molecule has 0 bridgehead atoms. The van der Waals surface area contributed by atoms with Crippen LogP contribution >= 0.6 is 7.60 Å². The van der Waals surface area contributed by atoms with Crippen LogP contribution in [0.4, 0.5) is 0 Å². The van der Waals surface area contributed by atoms with Crippen molar-refractivity contribution < 1.29 is 23.1 Å². The average molecular weight is 414 g/mol. The molecular weight excluding hydrogens is 391 g/mol. The van der Waals surface area contributed by atoms with Crippen LogP contribution in [0.3, 0.4) is 0 Å². The van der Waals surface area contributed by atoms with Crippen LogP contribution in [0.1, 0.15) is 29.9 Å². The Bertz CT molecular complexity index is 1010. The number of methoxy groups -OCH3 is 1. The molecule has 7 nitrogen and oxygen atoms in total. The Balaban J connectivity index is 2.20. The van der Waals surface area contributed by atoms with E-state index in [1.165, 1.54) is 0 Å². The first kappa shape index (κ1) is 21.0. The normalized spacial score (nSPS) is 11.4. The number of benzene rings is 2. The molecule has 0 atom stereocenters. The quantitative estimate of drug-likeness (QED) is 0.417. The number of ether oxygens (including phenoxy) is 1. The summed E-state index contributed by atoms with van der Waals surface area (Å²) in [6, 6.07) is 15.9. The van der Waals surface area contributed by atoms with Gasteiger partial charge in [0, 0.05) is 11.1 Å². The number of aromatic nitrogens is 2. The highest BCUT2D eigenvalue weighted by Gasteiger charge is 2.36. The second-order valence-corrected chi connectivity index (χ2v) is 8.01. The summed E-state index contributed by atoms with van der Waals surface area (Å²) in [5.41, 5.74) is 1.82. The lowest BCUT2D eigenvalue weighted by atomic mass is 10.0. The Hall–Kier alpha value is -2.73. The molecule has 1 aromatic heterocycles. The van der Waals surface area contributed by atoms with Crippen molar-refractivity contribution in [1.29, 1.82) is 0 Å². The molecule has 0 aliphatic heterocycles. The summed E-state index contributed by atoms with van der Waals surface area (Å²) in [6.45, 7) is 3.82. The molecule has 29 heavy (non-hydrogen) atoms. The summed E-state index contributed by atoms with van der Waals surface area (Å²) >= 11 is 0. The number of nitrogens with one attached hydrogen (secondary N) is 1. The summed E-state index contributed by atoms with van der Waals surface area (Å²) in [7, 11) is -2.14. The molecule has 0 radical (unpaired) electrons. The topological polar surface area (TPSA) is 90.5 Å². The molecule has 1 N–H and O–H groups in total. The smallest absolute Gasteiger partial charge is 0.379 e. The standard InChI is InChI=1S/C21H23N2O5P/c1-4-27-29(25,28-5-2)21-18(15-11-13-17(26-3)14-12-15)19(22-23-21)20(24)16-9-7-6-8-10-16/h6-14H,4-5H2,1-3H3,(H,22,23). The number of aromatic amines is 1. The predicted octanol–water partition coefficient (Wildman–Crippen LogP) is 4.21. The Labute approximate surface area is 169 Å². The van der Waals surface area contributed by atoms with Gasteiger partial charge in [-0.15, -0.1) is 0 Å². The molecule has 0 saturated carbocycles. The monoisotopic (exact) mass is 414 g/mol. The molecule has 152 valence electrons. The van der Waals surface area contributed by atoms with Gasteiger partial charge < -0.3 is 13.8 Å². The van der Waals surface area contributed by atoms with Crippen LogP contribution in [0, 0.1) is 0 Å².